The van der Waals surface area contributed by atoms with Crippen molar-refractivity contribution in [3.05, 3.63) is 35.1 Å². The van der Waals surface area contributed by atoms with Crippen molar-refractivity contribution >= 4 is 16.9 Å². The number of nitrogens with one attached hydrogen (secondary N) is 2. The number of furan rings is 1. The molecule has 1 aromatic carbocycles. The average molecular weight is 260 g/mol. The lowest BCUT2D eigenvalue weighted by atomic mass is 10.1. The molecule has 0 spiro atoms. The van der Waals surface area contributed by atoms with Crippen molar-refractivity contribution in [3.63, 3.8) is 0 Å². The van der Waals surface area contributed by atoms with Crippen LogP contribution in [0.4, 0.5) is 0 Å². The second kappa shape index (κ2) is 5.89. The van der Waals surface area contributed by atoms with Crippen LogP contribution in [0.25, 0.3) is 11.0 Å². The summed E-state index contributed by atoms with van der Waals surface area (Å²) in [4.78, 5) is 12.1. The molecule has 0 saturated heterocycles. The third kappa shape index (κ3) is 2.79. The summed E-state index contributed by atoms with van der Waals surface area (Å²) >= 11 is 0. The van der Waals surface area contributed by atoms with Gasteiger partial charge in [-0.15, -0.1) is 0 Å². The number of fused-ring (bicyclic) bond motifs is 1. The molecule has 1 aromatic heterocycles. The van der Waals surface area contributed by atoms with Gasteiger partial charge >= 0.3 is 0 Å². The molecule has 0 fully saturated rings. The molecule has 2 rings (SSSR count). The zero-order valence-electron chi connectivity index (χ0n) is 11.7. The summed E-state index contributed by atoms with van der Waals surface area (Å²) < 4.78 is 5.72. The highest BCUT2D eigenvalue weighted by Gasteiger charge is 2.17. The molecule has 0 saturated carbocycles. The van der Waals surface area contributed by atoms with Gasteiger partial charge in [0.2, 0.25) is 0 Å². The summed E-state index contributed by atoms with van der Waals surface area (Å²) in [7, 11) is 1.90. The molecule has 0 aliphatic rings. The van der Waals surface area contributed by atoms with Crippen molar-refractivity contribution in [2.75, 3.05) is 20.1 Å². The van der Waals surface area contributed by atoms with Gasteiger partial charge in [-0.25, -0.2) is 0 Å². The first-order valence-corrected chi connectivity index (χ1v) is 6.56. The minimum atomic E-state index is -0.135. The fourth-order valence-corrected chi connectivity index (χ4v) is 2.15. The molecule has 0 aliphatic carbocycles. The normalized spacial score (nSPS) is 10.9. The lowest BCUT2D eigenvalue weighted by Gasteiger charge is -2.03. The fraction of sp³-hybridized carbons (Fsp3) is 0.400. The largest absolute Gasteiger partial charge is 0.450 e. The molecule has 0 unspecified atom stereocenters. The molecular formula is C15H20N2O2. The summed E-state index contributed by atoms with van der Waals surface area (Å²) in [5.74, 6) is 0.290. The molecule has 0 aliphatic heterocycles. The van der Waals surface area contributed by atoms with Crippen LogP contribution in [0.5, 0.6) is 0 Å². The van der Waals surface area contributed by atoms with Crippen LogP contribution in [-0.4, -0.2) is 26.0 Å². The van der Waals surface area contributed by atoms with Crippen LogP contribution in [0.2, 0.25) is 0 Å². The molecule has 0 atom stereocenters. The van der Waals surface area contributed by atoms with Crippen LogP contribution in [0, 0.1) is 13.8 Å². The van der Waals surface area contributed by atoms with Gasteiger partial charge in [0.05, 0.1) is 0 Å². The first-order valence-electron chi connectivity index (χ1n) is 6.56. The van der Waals surface area contributed by atoms with Gasteiger partial charge in [-0.05, 0) is 39.4 Å². The first-order chi connectivity index (χ1) is 9.15. The molecule has 4 heteroatoms. The number of carbonyl (C=O) groups is 1. The van der Waals surface area contributed by atoms with Crippen molar-refractivity contribution in [1.29, 1.82) is 0 Å². The smallest absolute Gasteiger partial charge is 0.287 e. The Morgan fingerprint density at radius 1 is 1.26 bits per heavy atom. The highest BCUT2D eigenvalue weighted by molar-refractivity contribution is 5.99. The van der Waals surface area contributed by atoms with Crippen molar-refractivity contribution in [1.82, 2.24) is 10.6 Å². The molecule has 19 heavy (non-hydrogen) atoms. The lowest BCUT2D eigenvalue weighted by Crippen LogP contribution is -2.26. The van der Waals surface area contributed by atoms with E-state index in [2.05, 4.69) is 10.6 Å². The van der Waals surface area contributed by atoms with Crippen LogP contribution in [0.15, 0.2) is 22.6 Å². The van der Waals surface area contributed by atoms with Crippen LogP contribution >= 0.6 is 0 Å². The van der Waals surface area contributed by atoms with E-state index in [-0.39, 0.29) is 5.91 Å². The molecular weight excluding hydrogens is 240 g/mol. The number of para-hydroxylation sites is 1. The van der Waals surface area contributed by atoms with E-state index in [1.54, 1.807) is 0 Å². The Bertz CT molecular complexity index is 587. The van der Waals surface area contributed by atoms with Crippen LogP contribution < -0.4 is 10.6 Å². The van der Waals surface area contributed by atoms with E-state index >= 15 is 0 Å². The summed E-state index contributed by atoms with van der Waals surface area (Å²) in [6.07, 6.45) is 0.903. The highest BCUT2D eigenvalue weighted by Crippen LogP contribution is 2.27. The van der Waals surface area contributed by atoms with Crippen molar-refractivity contribution in [2.24, 2.45) is 0 Å². The molecule has 1 heterocycles. The maximum atomic E-state index is 12.1. The number of hydrogen-bond donors (Lipinski definition) is 2. The number of hydrogen-bond acceptors (Lipinski definition) is 3. The Kier molecular flexibility index (Phi) is 4.22. The van der Waals surface area contributed by atoms with Gasteiger partial charge in [-0.3, -0.25) is 4.79 Å². The van der Waals surface area contributed by atoms with Crippen LogP contribution in [0.3, 0.4) is 0 Å². The minimum Gasteiger partial charge on any atom is -0.450 e. The number of aryl methyl sites for hydroxylation is 2. The highest BCUT2D eigenvalue weighted by atomic mass is 16.3. The molecule has 2 aromatic rings. The quantitative estimate of drug-likeness (QED) is 0.812. The van der Waals surface area contributed by atoms with E-state index in [1.165, 1.54) is 0 Å². The maximum absolute atomic E-state index is 12.1. The molecule has 0 bridgehead atoms. The molecule has 4 nitrogen and oxygen atoms in total. The zero-order valence-corrected chi connectivity index (χ0v) is 11.7. The van der Waals surface area contributed by atoms with E-state index < -0.39 is 0 Å². The number of amides is 1. The Balaban J connectivity index is 2.18. The first kappa shape index (κ1) is 13.6. The number of carbonyl (C=O) groups excluding carboxylic acids is 1. The Hall–Kier alpha value is -1.81. The van der Waals surface area contributed by atoms with Crippen molar-refractivity contribution < 1.29 is 9.21 Å². The Labute approximate surface area is 113 Å². The van der Waals surface area contributed by atoms with Crippen molar-refractivity contribution in [2.45, 2.75) is 20.3 Å². The summed E-state index contributed by atoms with van der Waals surface area (Å²) in [5, 5.41) is 6.94. The number of rotatable bonds is 5. The van der Waals surface area contributed by atoms with Gasteiger partial charge in [-0.2, -0.15) is 0 Å². The predicted octanol–water partition coefficient (Wildman–Crippen LogP) is 2.39. The second-order valence-corrected chi connectivity index (χ2v) is 4.72. The van der Waals surface area contributed by atoms with E-state index in [9.17, 15) is 4.79 Å². The molecule has 102 valence electrons. The van der Waals surface area contributed by atoms with E-state index in [1.807, 2.05) is 39.1 Å². The van der Waals surface area contributed by atoms with Gasteiger partial charge in [-0.1, -0.05) is 18.2 Å². The topological polar surface area (TPSA) is 54.3 Å². The molecule has 2 N–H and O–H groups in total. The van der Waals surface area contributed by atoms with Gasteiger partial charge in [0, 0.05) is 17.5 Å². The summed E-state index contributed by atoms with van der Waals surface area (Å²) in [6.45, 7) is 5.45. The standard InChI is InChI=1S/C15H20N2O2/c1-10-6-4-7-12-11(2)14(19-13(10)12)15(18)17-9-5-8-16-3/h4,6-7,16H,5,8-9H2,1-3H3,(H,17,18). The third-order valence-electron chi connectivity index (χ3n) is 3.26. The zero-order chi connectivity index (χ0) is 13.8. The van der Waals surface area contributed by atoms with Crippen LogP contribution in [0.1, 0.15) is 28.1 Å². The fourth-order valence-electron chi connectivity index (χ4n) is 2.15. The van der Waals surface area contributed by atoms with Crippen molar-refractivity contribution in [3.8, 4) is 0 Å². The molecule has 0 radical (unpaired) electrons. The lowest BCUT2D eigenvalue weighted by molar-refractivity contribution is 0.0927. The van der Waals surface area contributed by atoms with Gasteiger partial charge in [0.1, 0.15) is 5.58 Å². The Morgan fingerprint density at radius 2 is 2.05 bits per heavy atom. The minimum absolute atomic E-state index is 0.135. The second-order valence-electron chi connectivity index (χ2n) is 4.72. The maximum Gasteiger partial charge on any atom is 0.287 e. The van der Waals surface area contributed by atoms with Crippen LogP contribution in [-0.2, 0) is 0 Å². The monoisotopic (exact) mass is 260 g/mol. The molecule has 1 amide bonds. The van der Waals surface area contributed by atoms with Gasteiger partial charge < -0.3 is 15.1 Å². The SMILES string of the molecule is CNCCCNC(=O)c1oc2c(C)cccc2c1C. The van der Waals surface area contributed by atoms with E-state index in [4.69, 9.17) is 4.42 Å². The summed E-state index contributed by atoms with van der Waals surface area (Å²) in [5.41, 5.74) is 2.76. The van der Waals surface area contributed by atoms with E-state index in [0.717, 1.165) is 35.1 Å². The average Bonchev–Trinajstić information content (AvgIpc) is 2.74. The van der Waals surface area contributed by atoms with Gasteiger partial charge in [0.25, 0.3) is 5.91 Å². The number of benzene rings is 1. The summed E-state index contributed by atoms with van der Waals surface area (Å²) in [6, 6.07) is 5.95. The van der Waals surface area contributed by atoms with Gasteiger partial charge in [0.15, 0.2) is 5.76 Å². The Morgan fingerprint density at radius 3 is 2.74 bits per heavy atom. The van der Waals surface area contributed by atoms with E-state index in [0.29, 0.717) is 12.3 Å². The predicted molar refractivity (Wildman–Crippen MR) is 76.6 cm³/mol. The third-order valence-corrected chi connectivity index (χ3v) is 3.26.